The van der Waals surface area contributed by atoms with Crippen molar-refractivity contribution in [3.63, 3.8) is 0 Å². The van der Waals surface area contributed by atoms with Crippen molar-refractivity contribution in [3.8, 4) is 0 Å². The van der Waals surface area contributed by atoms with Gasteiger partial charge in [0, 0.05) is 6.04 Å². The number of aryl methyl sites for hydroxylation is 3. The Morgan fingerprint density at radius 1 is 1.11 bits per heavy atom. The van der Waals surface area contributed by atoms with Gasteiger partial charge >= 0.3 is 0 Å². The number of benzene rings is 1. The predicted octanol–water partition coefficient (Wildman–Crippen LogP) is 4.26. The summed E-state index contributed by atoms with van der Waals surface area (Å²) in [4.78, 5) is 0. The van der Waals surface area contributed by atoms with Crippen molar-refractivity contribution in [1.82, 2.24) is 5.32 Å². The molecular formula is C17H29N. The summed E-state index contributed by atoms with van der Waals surface area (Å²) in [7, 11) is 0. The molecule has 0 bridgehead atoms. The van der Waals surface area contributed by atoms with Gasteiger partial charge in [0.1, 0.15) is 0 Å². The highest BCUT2D eigenvalue weighted by atomic mass is 14.9. The molecule has 1 unspecified atom stereocenters. The molecular weight excluding hydrogens is 218 g/mol. The van der Waals surface area contributed by atoms with E-state index in [4.69, 9.17) is 0 Å². The van der Waals surface area contributed by atoms with Gasteiger partial charge in [-0.05, 0) is 62.3 Å². The lowest BCUT2D eigenvalue weighted by atomic mass is 9.95. The Kier molecular flexibility index (Phi) is 6.42. The summed E-state index contributed by atoms with van der Waals surface area (Å²) < 4.78 is 0. The fourth-order valence-electron chi connectivity index (χ4n) is 2.28. The molecule has 18 heavy (non-hydrogen) atoms. The molecule has 1 N–H and O–H groups in total. The first-order chi connectivity index (χ1) is 8.54. The van der Waals surface area contributed by atoms with Crippen molar-refractivity contribution in [3.05, 3.63) is 34.9 Å². The van der Waals surface area contributed by atoms with E-state index in [0.717, 1.165) is 6.54 Å². The van der Waals surface area contributed by atoms with Crippen LogP contribution >= 0.6 is 0 Å². The van der Waals surface area contributed by atoms with Gasteiger partial charge in [0.15, 0.2) is 0 Å². The van der Waals surface area contributed by atoms with Crippen molar-refractivity contribution >= 4 is 0 Å². The van der Waals surface area contributed by atoms with E-state index in [2.05, 4.69) is 58.1 Å². The van der Waals surface area contributed by atoms with Gasteiger partial charge in [-0.2, -0.15) is 0 Å². The van der Waals surface area contributed by atoms with Crippen LogP contribution in [0.5, 0.6) is 0 Å². The van der Waals surface area contributed by atoms with E-state index in [0.29, 0.717) is 12.0 Å². The van der Waals surface area contributed by atoms with Crippen LogP contribution in [0.2, 0.25) is 0 Å². The number of nitrogens with one attached hydrogen (secondary N) is 1. The lowest BCUT2D eigenvalue weighted by Gasteiger charge is -2.22. The van der Waals surface area contributed by atoms with Gasteiger partial charge in [-0.1, -0.05) is 39.0 Å². The number of hydrogen-bond donors (Lipinski definition) is 1. The van der Waals surface area contributed by atoms with E-state index >= 15 is 0 Å². The quantitative estimate of drug-likeness (QED) is 0.759. The Morgan fingerprint density at radius 3 is 2.39 bits per heavy atom. The summed E-state index contributed by atoms with van der Waals surface area (Å²) in [6.45, 7) is 12.4. The largest absolute Gasteiger partial charge is 0.314 e. The fraction of sp³-hybridized carbons (Fsp3) is 0.647. The molecule has 1 rings (SSSR count). The average Bonchev–Trinajstić information content (AvgIpc) is 2.33. The van der Waals surface area contributed by atoms with Gasteiger partial charge < -0.3 is 5.32 Å². The minimum absolute atomic E-state index is 0.645. The van der Waals surface area contributed by atoms with Crippen molar-refractivity contribution < 1.29 is 0 Å². The van der Waals surface area contributed by atoms with E-state index in [1.807, 2.05) is 0 Å². The normalized spacial score (nSPS) is 13.0. The summed E-state index contributed by atoms with van der Waals surface area (Å²) in [6.07, 6.45) is 3.63. The maximum absolute atomic E-state index is 3.67. The average molecular weight is 247 g/mol. The third-order valence-corrected chi connectivity index (χ3v) is 3.78. The zero-order valence-electron chi connectivity index (χ0n) is 12.7. The van der Waals surface area contributed by atoms with Crippen molar-refractivity contribution in [2.45, 2.75) is 59.9 Å². The van der Waals surface area contributed by atoms with Crippen LogP contribution in [0.25, 0.3) is 0 Å². The molecule has 1 nitrogen and oxygen atoms in total. The molecule has 0 aromatic heterocycles. The van der Waals surface area contributed by atoms with Crippen LogP contribution < -0.4 is 5.32 Å². The minimum Gasteiger partial charge on any atom is -0.314 e. The van der Waals surface area contributed by atoms with Gasteiger partial charge in [0.25, 0.3) is 0 Å². The summed E-state index contributed by atoms with van der Waals surface area (Å²) in [5.41, 5.74) is 4.28. The lowest BCUT2D eigenvalue weighted by molar-refractivity contribution is 0.378. The van der Waals surface area contributed by atoms with Crippen LogP contribution in [0, 0.1) is 19.8 Å². The summed E-state index contributed by atoms with van der Waals surface area (Å²) in [5.74, 6) is 0.711. The molecule has 0 aliphatic rings. The monoisotopic (exact) mass is 247 g/mol. The van der Waals surface area contributed by atoms with E-state index < -0.39 is 0 Å². The molecule has 0 amide bonds. The Labute approximate surface area is 113 Å². The van der Waals surface area contributed by atoms with Crippen molar-refractivity contribution in [2.24, 2.45) is 5.92 Å². The Morgan fingerprint density at radius 2 is 1.83 bits per heavy atom. The number of hydrogen-bond acceptors (Lipinski definition) is 1. The first-order valence-corrected chi connectivity index (χ1v) is 7.34. The molecule has 0 aliphatic carbocycles. The third kappa shape index (κ3) is 4.81. The minimum atomic E-state index is 0.645. The summed E-state index contributed by atoms with van der Waals surface area (Å²) >= 11 is 0. The third-order valence-electron chi connectivity index (χ3n) is 3.78. The van der Waals surface area contributed by atoms with Crippen LogP contribution in [0.4, 0.5) is 0 Å². The second kappa shape index (κ2) is 7.58. The molecule has 1 aromatic carbocycles. The van der Waals surface area contributed by atoms with Gasteiger partial charge in [0.2, 0.25) is 0 Å². The highest BCUT2D eigenvalue weighted by Crippen LogP contribution is 2.14. The highest BCUT2D eigenvalue weighted by molar-refractivity contribution is 5.29. The van der Waals surface area contributed by atoms with E-state index in [9.17, 15) is 0 Å². The zero-order valence-corrected chi connectivity index (χ0v) is 12.7. The van der Waals surface area contributed by atoms with Crippen molar-refractivity contribution in [1.29, 1.82) is 0 Å². The van der Waals surface area contributed by atoms with Gasteiger partial charge in [-0.15, -0.1) is 0 Å². The molecule has 102 valence electrons. The van der Waals surface area contributed by atoms with Crippen LogP contribution in [0.3, 0.4) is 0 Å². The van der Waals surface area contributed by atoms with Gasteiger partial charge in [0.05, 0.1) is 0 Å². The molecule has 0 aliphatic heterocycles. The summed E-state index contributed by atoms with van der Waals surface area (Å²) in [5, 5.41) is 3.67. The second-order valence-corrected chi connectivity index (χ2v) is 5.76. The van der Waals surface area contributed by atoms with E-state index in [-0.39, 0.29) is 0 Å². The SMILES string of the molecule is CCCNC(CCc1ccc(C)c(C)c1)C(C)C. The summed E-state index contributed by atoms with van der Waals surface area (Å²) in [6, 6.07) is 7.51. The second-order valence-electron chi connectivity index (χ2n) is 5.76. The Bertz CT molecular complexity index is 355. The van der Waals surface area contributed by atoms with E-state index in [1.54, 1.807) is 0 Å². The Balaban J connectivity index is 2.52. The smallest absolute Gasteiger partial charge is 0.00932 e. The maximum Gasteiger partial charge on any atom is 0.00932 e. The van der Waals surface area contributed by atoms with Crippen molar-refractivity contribution in [2.75, 3.05) is 6.54 Å². The molecule has 0 saturated carbocycles. The van der Waals surface area contributed by atoms with Gasteiger partial charge in [-0.25, -0.2) is 0 Å². The van der Waals surface area contributed by atoms with Crippen LogP contribution in [-0.2, 0) is 6.42 Å². The predicted molar refractivity (Wildman–Crippen MR) is 81.2 cm³/mol. The van der Waals surface area contributed by atoms with Crippen LogP contribution in [0.1, 0.15) is 50.3 Å². The first kappa shape index (κ1) is 15.2. The molecule has 0 fully saturated rings. The maximum atomic E-state index is 3.67. The fourth-order valence-corrected chi connectivity index (χ4v) is 2.28. The van der Waals surface area contributed by atoms with Gasteiger partial charge in [-0.3, -0.25) is 0 Å². The van der Waals surface area contributed by atoms with Crippen LogP contribution in [-0.4, -0.2) is 12.6 Å². The molecule has 1 atom stereocenters. The standard InChI is InChI=1S/C17H29N/c1-6-11-18-17(13(2)3)10-9-16-8-7-14(4)15(5)12-16/h7-8,12-13,17-18H,6,9-11H2,1-5H3. The van der Waals surface area contributed by atoms with Crippen LogP contribution in [0.15, 0.2) is 18.2 Å². The highest BCUT2D eigenvalue weighted by Gasteiger charge is 2.12. The molecule has 0 saturated heterocycles. The molecule has 0 heterocycles. The topological polar surface area (TPSA) is 12.0 Å². The first-order valence-electron chi connectivity index (χ1n) is 7.34. The van der Waals surface area contributed by atoms with E-state index in [1.165, 1.54) is 36.0 Å². The number of rotatable bonds is 7. The molecule has 0 spiro atoms. The lowest BCUT2D eigenvalue weighted by Crippen LogP contribution is -2.34. The Hall–Kier alpha value is -0.820. The molecule has 0 radical (unpaired) electrons. The molecule has 1 aromatic rings. The molecule has 1 heteroatoms. The zero-order chi connectivity index (χ0) is 13.5.